The average Bonchev–Trinajstić information content (AvgIpc) is 3.25. The summed E-state index contributed by atoms with van der Waals surface area (Å²) in [4.78, 5) is 4.58. The number of hydrogen-bond acceptors (Lipinski definition) is 4. The van der Waals surface area contributed by atoms with E-state index in [4.69, 9.17) is 5.10 Å². The van der Waals surface area contributed by atoms with Crippen molar-refractivity contribution in [3.05, 3.63) is 71.4 Å². The van der Waals surface area contributed by atoms with E-state index in [9.17, 15) is 8.42 Å². The maximum Gasteiger partial charge on any atom is 0.152 e. The highest BCUT2D eigenvalue weighted by Gasteiger charge is 2.27. The Hall–Kier alpha value is -2.73. The molecule has 1 saturated heterocycles. The van der Waals surface area contributed by atoms with Crippen molar-refractivity contribution in [2.45, 2.75) is 26.3 Å². The fourth-order valence-corrected chi connectivity index (χ4v) is 5.11. The minimum atomic E-state index is -2.95. The van der Waals surface area contributed by atoms with E-state index in [1.165, 1.54) is 5.56 Å². The van der Waals surface area contributed by atoms with Gasteiger partial charge in [-0.3, -0.25) is 4.99 Å². The molecule has 1 fully saturated rings. The molecule has 1 aliphatic heterocycles. The Bertz CT molecular complexity index is 1130. The van der Waals surface area contributed by atoms with Crippen LogP contribution in [0.25, 0.3) is 16.9 Å². The lowest BCUT2D eigenvalue weighted by molar-refractivity contribution is 0.601. The van der Waals surface area contributed by atoms with Crippen molar-refractivity contribution >= 4 is 16.1 Å². The largest absolute Gasteiger partial charge is 0.288 e. The first-order valence-electron chi connectivity index (χ1n) is 9.38. The van der Waals surface area contributed by atoms with Gasteiger partial charge in [0.05, 0.1) is 23.2 Å². The predicted octanol–water partition coefficient (Wildman–Crippen LogP) is 3.76. The van der Waals surface area contributed by atoms with Gasteiger partial charge in [-0.2, -0.15) is 5.10 Å². The van der Waals surface area contributed by atoms with Crippen molar-refractivity contribution in [2.24, 2.45) is 4.99 Å². The zero-order valence-electron chi connectivity index (χ0n) is 16.0. The maximum atomic E-state index is 11.7. The number of aliphatic imine (C=N–C) groups is 1. The molecular weight excluding hydrogens is 370 g/mol. The summed E-state index contributed by atoms with van der Waals surface area (Å²) in [5.74, 6) is 0.358. The Morgan fingerprint density at radius 2 is 1.93 bits per heavy atom. The summed E-state index contributed by atoms with van der Waals surface area (Å²) in [6.07, 6.45) is 4.33. The molecule has 1 aromatic heterocycles. The second kappa shape index (κ2) is 7.36. The highest BCUT2D eigenvalue weighted by molar-refractivity contribution is 7.91. The van der Waals surface area contributed by atoms with Gasteiger partial charge in [-0.15, -0.1) is 0 Å². The normalized spacial score (nSPS) is 18.7. The fourth-order valence-electron chi connectivity index (χ4n) is 3.47. The topological polar surface area (TPSA) is 64.3 Å². The quantitative estimate of drug-likeness (QED) is 0.634. The summed E-state index contributed by atoms with van der Waals surface area (Å²) in [6.45, 7) is 4.13. The summed E-state index contributed by atoms with van der Waals surface area (Å²) in [5.41, 5.74) is 6.09. The zero-order chi connectivity index (χ0) is 19.7. The van der Waals surface area contributed by atoms with Crippen molar-refractivity contribution in [2.75, 3.05) is 11.5 Å². The molecule has 3 aromatic rings. The summed E-state index contributed by atoms with van der Waals surface area (Å²) < 4.78 is 25.3. The minimum Gasteiger partial charge on any atom is -0.288 e. The van der Waals surface area contributed by atoms with Gasteiger partial charge in [0.1, 0.15) is 5.69 Å². The van der Waals surface area contributed by atoms with Gasteiger partial charge in [0, 0.05) is 23.5 Å². The molecule has 1 aliphatic rings. The average molecular weight is 394 g/mol. The monoisotopic (exact) mass is 393 g/mol. The first kappa shape index (κ1) is 18.6. The summed E-state index contributed by atoms with van der Waals surface area (Å²) in [7, 11) is -2.95. The molecule has 4 rings (SSSR count). The standard InChI is InChI=1S/C22H23N3O2S/c1-16-8-9-17(2)21(12-16)22-18(13-23-19-10-11-28(26,27)15-19)14-25(24-22)20-6-4-3-5-7-20/h3-9,12-14,19H,10-11,15H2,1-2H3/t19-/m1/s1. The van der Waals surface area contributed by atoms with Crippen molar-refractivity contribution in [3.8, 4) is 16.9 Å². The molecule has 0 unspecified atom stereocenters. The third kappa shape index (κ3) is 3.92. The Kier molecular flexibility index (Phi) is 4.89. The molecule has 2 heterocycles. The van der Waals surface area contributed by atoms with Crippen LogP contribution in [0, 0.1) is 13.8 Å². The number of hydrogen-bond donors (Lipinski definition) is 0. The molecule has 0 spiro atoms. The molecule has 0 N–H and O–H groups in total. The zero-order valence-corrected chi connectivity index (χ0v) is 16.9. The Labute approximate surface area is 165 Å². The van der Waals surface area contributed by atoms with Crippen molar-refractivity contribution in [3.63, 3.8) is 0 Å². The van der Waals surface area contributed by atoms with Crippen LogP contribution >= 0.6 is 0 Å². The number of nitrogens with zero attached hydrogens (tertiary/aromatic N) is 3. The van der Waals surface area contributed by atoms with Gasteiger partial charge in [-0.05, 0) is 44.0 Å². The van der Waals surface area contributed by atoms with E-state index < -0.39 is 9.84 Å². The Morgan fingerprint density at radius 3 is 2.64 bits per heavy atom. The molecule has 6 heteroatoms. The van der Waals surface area contributed by atoms with Crippen molar-refractivity contribution in [1.29, 1.82) is 0 Å². The van der Waals surface area contributed by atoms with E-state index in [0.717, 1.165) is 28.1 Å². The number of aryl methyl sites for hydroxylation is 2. The van der Waals surface area contributed by atoms with E-state index in [1.54, 1.807) is 6.21 Å². The number of benzene rings is 2. The SMILES string of the molecule is Cc1ccc(C)c(-c2nn(-c3ccccc3)cc2C=N[C@@H]2CCS(=O)(=O)C2)c1. The van der Waals surface area contributed by atoms with Crippen LogP contribution in [0.1, 0.15) is 23.1 Å². The summed E-state index contributed by atoms with van der Waals surface area (Å²) >= 11 is 0. The fraction of sp³-hybridized carbons (Fsp3) is 0.273. The van der Waals surface area contributed by atoms with Gasteiger partial charge < -0.3 is 0 Å². The van der Waals surface area contributed by atoms with Crippen LogP contribution in [-0.2, 0) is 9.84 Å². The molecule has 0 saturated carbocycles. The van der Waals surface area contributed by atoms with Gasteiger partial charge in [0.15, 0.2) is 9.84 Å². The smallest absolute Gasteiger partial charge is 0.152 e. The van der Waals surface area contributed by atoms with Gasteiger partial charge in [0.2, 0.25) is 0 Å². The van der Waals surface area contributed by atoms with Crippen LogP contribution in [0.2, 0.25) is 0 Å². The second-order valence-electron chi connectivity index (χ2n) is 7.37. The molecular formula is C22H23N3O2S. The first-order valence-corrected chi connectivity index (χ1v) is 11.2. The number of rotatable bonds is 4. The lowest BCUT2D eigenvalue weighted by Gasteiger charge is -2.06. The molecule has 28 heavy (non-hydrogen) atoms. The molecule has 2 aromatic carbocycles. The van der Waals surface area contributed by atoms with Crippen LogP contribution < -0.4 is 0 Å². The Balaban J connectivity index is 1.77. The van der Waals surface area contributed by atoms with Crippen LogP contribution in [-0.4, -0.2) is 42.0 Å². The number of sulfone groups is 1. The van der Waals surface area contributed by atoms with E-state index >= 15 is 0 Å². The maximum absolute atomic E-state index is 11.7. The second-order valence-corrected chi connectivity index (χ2v) is 9.60. The lowest BCUT2D eigenvalue weighted by Crippen LogP contribution is -2.07. The molecule has 0 amide bonds. The molecule has 144 valence electrons. The third-order valence-corrected chi connectivity index (χ3v) is 6.79. The van der Waals surface area contributed by atoms with Crippen LogP contribution in [0.5, 0.6) is 0 Å². The Morgan fingerprint density at radius 1 is 1.14 bits per heavy atom. The van der Waals surface area contributed by atoms with E-state index in [-0.39, 0.29) is 17.5 Å². The van der Waals surface area contributed by atoms with Gasteiger partial charge in [0.25, 0.3) is 0 Å². The number of aromatic nitrogens is 2. The van der Waals surface area contributed by atoms with E-state index in [0.29, 0.717) is 6.42 Å². The van der Waals surface area contributed by atoms with Crippen molar-refractivity contribution < 1.29 is 8.42 Å². The third-order valence-electron chi connectivity index (χ3n) is 5.04. The first-order chi connectivity index (χ1) is 13.4. The molecule has 1 atom stereocenters. The van der Waals surface area contributed by atoms with Crippen molar-refractivity contribution in [1.82, 2.24) is 9.78 Å². The van der Waals surface area contributed by atoms with Crippen LogP contribution in [0.4, 0.5) is 0 Å². The molecule has 0 radical (unpaired) electrons. The van der Waals surface area contributed by atoms with Gasteiger partial charge >= 0.3 is 0 Å². The van der Waals surface area contributed by atoms with Gasteiger partial charge in [-0.25, -0.2) is 13.1 Å². The van der Waals surface area contributed by atoms with Crippen LogP contribution in [0.15, 0.2) is 59.7 Å². The summed E-state index contributed by atoms with van der Waals surface area (Å²) in [5, 5.41) is 4.83. The lowest BCUT2D eigenvalue weighted by atomic mass is 10.0. The van der Waals surface area contributed by atoms with E-state index in [1.807, 2.05) is 41.2 Å². The molecule has 0 bridgehead atoms. The highest BCUT2D eigenvalue weighted by Crippen LogP contribution is 2.27. The molecule has 0 aliphatic carbocycles. The highest BCUT2D eigenvalue weighted by atomic mass is 32.2. The minimum absolute atomic E-state index is 0.134. The van der Waals surface area contributed by atoms with Crippen LogP contribution in [0.3, 0.4) is 0 Å². The van der Waals surface area contributed by atoms with Gasteiger partial charge in [-0.1, -0.05) is 35.9 Å². The number of para-hydroxylation sites is 1. The predicted molar refractivity (Wildman–Crippen MR) is 113 cm³/mol. The summed E-state index contributed by atoms with van der Waals surface area (Å²) in [6, 6.07) is 16.1. The van der Waals surface area contributed by atoms with E-state index in [2.05, 4.69) is 37.0 Å². The molecule has 5 nitrogen and oxygen atoms in total.